The van der Waals surface area contributed by atoms with E-state index >= 15 is 0 Å². The summed E-state index contributed by atoms with van der Waals surface area (Å²) in [6, 6.07) is 7.79. The molecule has 1 fully saturated rings. The maximum atomic E-state index is 11.8. The van der Waals surface area contributed by atoms with E-state index in [-0.39, 0.29) is 6.10 Å². The van der Waals surface area contributed by atoms with Crippen LogP contribution in [0.1, 0.15) is 24.1 Å². The Morgan fingerprint density at radius 1 is 1.38 bits per heavy atom. The highest BCUT2D eigenvalue weighted by Crippen LogP contribution is 2.13. The van der Waals surface area contributed by atoms with E-state index in [0.717, 1.165) is 37.2 Å². The van der Waals surface area contributed by atoms with E-state index in [9.17, 15) is 5.11 Å². The van der Waals surface area contributed by atoms with Gasteiger partial charge < -0.3 is 19.7 Å². The van der Waals surface area contributed by atoms with E-state index in [1.165, 1.54) is 0 Å². The highest BCUT2D eigenvalue weighted by molar-refractivity contribution is 5.27. The van der Waals surface area contributed by atoms with Gasteiger partial charge in [0.05, 0.1) is 17.9 Å². The molecule has 112 valence electrons. The van der Waals surface area contributed by atoms with Crippen molar-refractivity contribution in [3.8, 4) is 11.6 Å². The number of nitrogens with one attached hydrogen (secondary N) is 1. The summed E-state index contributed by atoms with van der Waals surface area (Å²) in [6.07, 6.45) is 2.42. The van der Waals surface area contributed by atoms with Crippen LogP contribution in [0.4, 0.5) is 0 Å². The molecule has 0 bridgehead atoms. The summed E-state index contributed by atoms with van der Waals surface area (Å²) in [6.45, 7) is 3.99. The normalized spacial score (nSPS) is 18.2. The van der Waals surface area contributed by atoms with Gasteiger partial charge in [-0.3, -0.25) is 0 Å². The quantitative estimate of drug-likeness (QED) is 0.816. The lowest BCUT2D eigenvalue weighted by atomic mass is 10.2. The minimum Gasteiger partial charge on any atom is -0.539 e. The number of benzene rings is 1. The summed E-state index contributed by atoms with van der Waals surface area (Å²) in [5.41, 5.74) is 2.47. The van der Waals surface area contributed by atoms with Gasteiger partial charge in [-0.15, -0.1) is 0 Å². The Bertz CT molecular complexity index is 589. The highest BCUT2D eigenvalue weighted by atomic mass is 16.6. The number of hydrogen-bond acceptors (Lipinski definition) is 5. The highest BCUT2D eigenvalue weighted by Gasteiger charge is 2.21. The summed E-state index contributed by atoms with van der Waals surface area (Å²) in [4.78, 5) is 0. The monoisotopic (exact) mass is 289 g/mol. The van der Waals surface area contributed by atoms with Crippen LogP contribution in [0, 0.1) is 6.92 Å². The van der Waals surface area contributed by atoms with Gasteiger partial charge in [-0.2, -0.15) is 0 Å². The van der Waals surface area contributed by atoms with Crippen molar-refractivity contribution in [2.24, 2.45) is 0 Å². The first kappa shape index (κ1) is 14.0. The van der Waals surface area contributed by atoms with Gasteiger partial charge in [0.15, 0.2) is 5.95 Å². The Labute approximate surface area is 123 Å². The molecule has 1 aliphatic rings. The summed E-state index contributed by atoms with van der Waals surface area (Å²) >= 11 is 0. The fraction of sp³-hybridized carbons (Fsp3) is 0.467. The molecule has 1 aliphatic heterocycles. The second-order valence-electron chi connectivity index (χ2n) is 5.32. The molecule has 0 aliphatic carbocycles. The number of hydrogen-bond donors (Lipinski definition) is 1. The van der Waals surface area contributed by atoms with E-state index in [4.69, 9.17) is 9.26 Å². The molecule has 1 saturated heterocycles. The molecule has 1 N–H and O–H groups in total. The van der Waals surface area contributed by atoms with Gasteiger partial charge in [-0.05, 0) is 24.4 Å². The molecule has 2 heterocycles. The van der Waals surface area contributed by atoms with Gasteiger partial charge in [0.2, 0.25) is 5.69 Å². The molecule has 1 atom stereocenters. The van der Waals surface area contributed by atoms with Gasteiger partial charge in [-0.25, -0.2) is 0 Å². The zero-order valence-electron chi connectivity index (χ0n) is 12.0. The molecule has 6 nitrogen and oxygen atoms in total. The molecule has 6 heteroatoms. The van der Waals surface area contributed by atoms with Gasteiger partial charge in [0.25, 0.3) is 5.69 Å². The number of ether oxygens (including phenoxy) is 1. The maximum Gasteiger partial charge on any atom is 0.253 e. The van der Waals surface area contributed by atoms with E-state index in [2.05, 4.69) is 10.6 Å². The number of rotatable bonds is 5. The molecular formula is C15H19N3O3. The fourth-order valence-electron chi connectivity index (χ4n) is 2.46. The molecule has 0 amide bonds. The Morgan fingerprint density at radius 3 is 2.90 bits per heavy atom. The lowest BCUT2D eigenvalue weighted by Gasteiger charge is -2.09. The van der Waals surface area contributed by atoms with Crippen molar-refractivity contribution >= 4 is 0 Å². The lowest BCUT2D eigenvalue weighted by Crippen LogP contribution is -2.39. The zero-order valence-corrected chi connectivity index (χ0v) is 12.0. The minimum atomic E-state index is -0.407. The van der Waals surface area contributed by atoms with Crippen molar-refractivity contribution in [3.05, 3.63) is 35.5 Å². The van der Waals surface area contributed by atoms with E-state index in [1.54, 1.807) is 4.68 Å². The average molecular weight is 289 g/mol. The Kier molecular flexibility index (Phi) is 4.17. The smallest absolute Gasteiger partial charge is 0.253 e. The van der Waals surface area contributed by atoms with E-state index in [0.29, 0.717) is 12.2 Å². The van der Waals surface area contributed by atoms with Gasteiger partial charge in [0, 0.05) is 25.3 Å². The summed E-state index contributed by atoms with van der Waals surface area (Å²) in [5, 5.41) is 18.9. The van der Waals surface area contributed by atoms with Crippen molar-refractivity contribution in [2.75, 3.05) is 13.2 Å². The number of nitrogens with zero attached hydrogens (tertiary/aromatic N) is 2. The first-order valence-corrected chi connectivity index (χ1v) is 7.21. The summed E-state index contributed by atoms with van der Waals surface area (Å²) < 4.78 is 11.9. The lowest BCUT2D eigenvalue weighted by molar-refractivity contribution is -0.677. The summed E-state index contributed by atoms with van der Waals surface area (Å²) in [5.74, 6) is -0.407. The Morgan fingerprint density at radius 2 is 2.19 bits per heavy atom. The first-order valence-electron chi connectivity index (χ1n) is 7.21. The molecule has 0 radical (unpaired) electrons. The molecule has 1 unspecified atom stereocenters. The van der Waals surface area contributed by atoms with Crippen LogP contribution in [0.3, 0.4) is 0 Å². The van der Waals surface area contributed by atoms with Crippen molar-refractivity contribution in [1.29, 1.82) is 0 Å². The predicted molar refractivity (Wildman–Crippen MR) is 72.9 cm³/mol. The largest absolute Gasteiger partial charge is 0.539 e. The van der Waals surface area contributed by atoms with Crippen LogP contribution in [0.5, 0.6) is 5.95 Å². The van der Waals surface area contributed by atoms with Crippen LogP contribution in [0.2, 0.25) is 0 Å². The van der Waals surface area contributed by atoms with Crippen LogP contribution in [0.15, 0.2) is 28.8 Å². The second-order valence-corrected chi connectivity index (χ2v) is 5.32. The Balaban J connectivity index is 1.69. The van der Waals surface area contributed by atoms with Gasteiger partial charge in [0.1, 0.15) is 0 Å². The molecular weight excluding hydrogens is 270 g/mol. The molecule has 1 aromatic heterocycles. The van der Waals surface area contributed by atoms with Crippen molar-refractivity contribution in [1.82, 2.24) is 10.6 Å². The van der Waals surface area contributed by atoms with E-state index < -0.39 is 5.95 Å². The van der Waals surface area contributed by atoms with Crippen LogP contribution < -0.4 is 15.1 Å². The maximum absolute atomic E-state index is 11.8. The number of aromatic nitrogens is 2. The Hall–Kier alpha value is -1.92. The number of aryl methyl sites for hydroxylation is 1. The van der Waals surface area contributed by atoms with Crippen LogP contribution >= 0.6 is 0 Å². The summed E-state index contributed by atoms with van der Waals surface area (Å²) in [7, 11) is 0. The van der Waals surface area contributed by atoms with Crippen LogP contribution in [-0.2, 0) is 11.3 Å². The predicted octanol–water partition coefficient (Wildman–Crippen LogP) is 0.602. The van der Waals surface area contributed by atoms with Crippen molar-refractivity contribution in [3.63, 3.8) is 0 Å². The standard InChI is InChI=1S/C15H19N3O3/c1-11-4-6-12(7-5-11)18-14(15(19)21-17-18)10-16-9-13-3-2-8-20-13/h4-7,13,16H,2-3,8-10H2,1H3. The molecule has 1 aromatic carbocycles. The van der Waals surface area contributed by atoms with Crippen LogP contribution in [0.25, 0.3) is 5.69 Å². The molecule has 0 saturated carbocycles. The van der Waals surface area contributed by atoms with E-state index in [1.807, 2.05) is 31.2 Å². The molecule has 0 spiro atoms. The van der Waals surface area contributed by atoms with Gasteiger partial charge in [-0.1, -0.05) is 17.7 Å². The third kappa shape index (κ3) is 3.22. The van der Waals surface area contributed by atoms with Gasteiger partial charge >= 0.3 is 0 Å². The van der Waals surface area contributed by atoms with Crippen molar-refractivity contribution < 1.29 is 19.0 Å². The van der Waals surface area contributed by atoms with Crippen LogP contribution in [-0.4, -0.2) is 24.5 Å². The average Bonchev–Trinajstić information content (AvgIpc) is 3.11. The zero-order chi connectivity index (χ0) is 14.7. The third-order valence-corrected chi connectivity index (χ3v) is 3.66. The third-order valence-electron chi connectivity index (χ3n) is 3.66. The fourth-order valence-corrected chi connectivity index (χ4v) is 2.46. The molecule has 3 rings (SSSR count). The molecule has 21 heavy (non-hydrogen) atoms. The second kappa shape index (κ2) is 6.24. The topological polar surface area (TPSA) is 74.2 Å². The molecule has 2 aromatic rings. The van der Waals surface area contributed by atoms with Crippen molar-refractivity contribution in [2.45, 2.75) is 32.4 Å². The minimum absolute atomic E-state index is 0.243. The first-order chi connectivity index (χ1) is 10.2. The SMILES string of the molecule is Cc1ccc(-[n+]2noc([O-])c2CNCC2CCCO2)cc1.